The second kappa shape index (κ2) is 6.48. The van der Waals surface area contributed by atoms with E-state index in [9.17, 15) is 0 Å². The van der Waals surface area contributed by atoms with Gasteiger partial charge in [-0.15, -0.1) is 5.10 Å². The first-order valence-corrected chi connectivity index (χ1v) is 9.25. The fraction of sp³-hybridized carbons (Fsp3) is 0.611. The Morgan fingerprint density at radius 1 is 1.08 bits per heavy atom. The summed E-state index contributed by atoms with van der Waals surface area (Å²) in [4.78, 5) is 5.02. The summed E-state index contributed by atoms with van der Waals surface area (Å²) in [6.45, 7) is 5.63. The summed E-state index contributed by atoms with van der Waals surface area (Å²) < 4.78 is 8.09. The van der Waals surface area contributed by atoms with Crippen molar-refractivity contribution in [2.75, 3.05) is 26.2 Å². The molecule has 2 saturated heterocycles. The molecule has 7 heteroatoms. The molecule has 3 fully saturated rings. The van der Waals surface area contributed by atoms with Crippen LogP contribution in [0, 0.1) is 0 Å². The lowest BCUT2D eigenvalue weighted by atomic mass is 10.1. The summed E-state index contributed by atoms with van der Waals surface area (Å²) in [6, 6.07) is 11.7. The SMILES string of the molecule is c1ccc(CN2CCO[C@H]3CN(Cc4nnnn4C4CC4)C[C@H]32)cc1. The lowest BCUT2D eigenvalue weighted by molar-refractivity contribution is -0.0504. The van der Waals surface area contributed by atoms with E-state index in [-0.39, 0.29) is 0 Å². The van der Waals surface area contributed by atoms with E-state index in [0.717, 1.165) is 45.2 Å². The van der Waals surface area contributed by atoms with Crippen LogP contribution in [0.3, 0.4) is 0 Å². The van der Waals surface area contributed by atoms with Gasteiger partial charge in [0.2, 0.25) is 0 Å². The monoisotopic (exact) mass is 340 g/mol. The van der Waals surface area contributed by atoms with Crippen LogP contribution in [-0.4, -0.2) is 68.4 Å². The molecule has 2 atom stereocenters. The van der Waals surface area contributed by atoms with Gasteiger partial charge in [0.05, 0.1) is 31.3 Å². The maximum absolute atomic E-state index is 6.07. The molecule has 132 valence electrons. The van der Waals surface area contributed by atoms with Gasteiger partial charge in [0.1, 0.15) is 0 Å². The summed E-state index contributed by atoms with van der Waals surface area (Å²) in [5.41, 5.74) is 1.37. The normalized spacial score (nSPS) is 27.5. The number of aromatic nitrogens is 4. The predicted octanol–water partition coefficient (Wildman–Crippen LogP) is 1.09. The molecule has 1 aromatic heterocycles. The third kappa shape index (κ3) is 3.19. The van der Waals surface area contributed by atoms with Crippen LogP contribution in [0.15, 0.2) is 30.3 Å². The minimum atomic E-state index is 0.294. The van der Waals surface area contributed by atoms with Gasteiger partial charge >= 0.3 is 0 Å². The molecule has 1 aliphatic carbocycles. The Balaban J connectivity index is 1.26. The fourth-order valence-corrected chi connectivity index (χ4v) is 4.10. The van der Waals surface area contributed by atoms with E-state index in [1.807, 2.05) is 4.68 Å². The van der Waals surface area contributed by atoms with Crippen molar-refractivity contribution in [2.24, 2.45) is 0 Å². The van der Waals surface area contributed by atoms with E-state index >= 15 is 0 Å². The number of nitrogens with zero attached hydrogens (tertiary/aromatic N) is 6. The van der Waals surface area contributed by atoms with Crippen LogP contribution >= 0.6 is 0 Å². The van der Waals surface area contributed by atoms with Crippen molar-refractivity contribution in [3.8, 4) is 0 Å². The van der Waals surface area contributed by atoms with Crippen molar-refractivity contribution in [2.45, 2.75) is 44.1 Å². The molecule has 0 amide bonds. The number of hydrogen-bond donors (Lipinski definition) is 0. The van der Waals surface area contributed by atoms with Gasteiger partial charge < -0.3 is 4.74 Å². The zero-order valence-corrected chi connectivity index (χ0v) is 14.4. The molecule has 0 unspecified atom stereocenters. The lowest BCUT2D eigenvalue weighted by Crippen LogP contribution is -2.50. The number of fused-ring (bicyclic) bond motifs is 1. The number of ether oxygens (including phenoxy) is 1. The van der Waals surface area contributed by atoms with E-state index in [2.05, 4.69) is 55.7 Å². The topological polar surface area (TPSA) is 59.3 Å². The van der Waals surface area contributed by atoms with E-state index < -0.39 is 0 Å². The van der Waals surface area contributed by atoms with Gasteiger partial charge in [-0.2, -0.15) is 0 Å². The van der Waals surface area contributed by atoms with E-state index in [1.54, 1.807) is 0 Å². The highest BCUT2D eigenvalue weighted by Gasteiger charge is 2.40. The quantitative estimate of drug-likeness (QED) is 0.812. The maximum Gasteiger partial charge on any atom is 0.165 e. The van der Waals surface area contributed by atoms with Crippen LogP contribution in [0.4, 0.5) is 0 Å². The molecule has 0 bridgehead atoms. The molecule has 3 heterocycles. The zero-order chi connectivity index (χ0) is 16.6. The largest absolute Gasteiger partial charge is 0.374 e. The van der Waals surface area contributed by atoms with Crippen molar-refractivity contribution >= 4 is 0 Å². The molecule has 5 rings (SSSR count). The minimum Gasteiger partial charge on any atom is -0.374 e. The van der Waals surface area contributed by atoms with Crippen LogP contribution in [0.2, 0.25) is 0 Å². The standard InChI is InChI=1S/C18H24N6O/c1-2-4-14(5-3-1)10-23-8-9-25-17-12-22(11-16(17)23)13-18-19-20-21-24(18)15-6-7-15/h1-5,15-17H,6-13H2/t16-,17+/m1/s1. The average Bonchev–Trinajstić information content (AvgIpc) is 3.23. The van der Waals surface area contributed by atoms with Gasteiger partial charge in [-0.05, 0) is 28.8 Å². The molecule has 0 radical (unpaired) electrons. The maximum atomic E-state index is 6.07. The third-order valence-electron chi connectivity index (χ3n) is 5.54. The van der Waals surface area contributed by atoms with Gasteiger partial charge in [-0.3, -0.25) is 9.80 Å². The van der Waals surface area contributed by atoms with Crippen LogP contribution in [0.5, 0.6) is 0 Å². The number of tetrazole rings is 1. The third-order valence-corrected chi connectivity index (χ3v) is 5.54. The summed E-state index contributed by atoms with van der Waals surface area (Å²) in [5, 5.41) is 12.3. The number of rotatable bonds is 5. The summed E-state index contributed by atoms with van der Waals surface area (Å²) in [7, 11) is 0. The Bertz CT molecular complexity index is 715. The van der Waals surface area contributed by atoms with Crippen molar-refractivity contribution in [3.63, 3.8) is 0 Å². The first-order valence-electron chi connectivity index (χ1n) is 9.25. The van der Waals surface area contributed by atoms with E-state index in [0.29, 0.717) is 18.2 Å². The van der Waals surface area contributed by atoms with Crippen LogP contribution in [-0.2, 0) is 17.8 Å². The van der Waals surface area contributed by atoms with E-state index in [4.69, 9.17) is 4.74 Å². The second-order valence-corrected chi connectivity index (χ2v) is 7.40. The van der Waals surface area contributed by atoms with Crippen molar-refractivity contribution < 1.29 is 4.74 Å². The van der Waals surface area contributed by atoms with Gasteiger partial charge in [0.25, 0.3) is 0 Å². The number of benzene rings is 1. The van der Waals surface area contributed by atoms with Gasteiger partial charge in [-0.1, -0.05) is 30.3 Å². The average molecular weight is 340 g/mol. The molecule has 25 heavy (non-hydrogen) atoms. The molecule has 2 aromatic rings. The van der Waals surface area contributed by atoms with Gasteiger partial charge in [0, 0.05) is 26.2 Å². The molecule has 1 aromatic carbocycles. The number of likely N-dealkylation sites (tertiary alicyclic amines) is 1. The Labute approximate surface area is 147 Å². The van der Waals surface area contributed by atoms with Crippen molar-refractivity contribution in [1.29, 1.82) is 0 Å². The highest BCUT2D eigenvalue weighted by Crippen LogP contribution is 2.35. The molecule has 1 saturated carbocycles. The van der Waals surface area contributed by atoms with Crippen molar-refractivity contribution in [3.05, 3.63) is 41.7 Å². The molecule has 3 aliphatic rings. The highest BCUT2D eigenvalue weighted by atomic mass is 16.5. The second-order valence-electron chi connectivity index (χ2n) is 7.40. The molecule has 2 aliphatic heterocycles. The first-order chi connectivity index (χ1) is 12.4. The lowest BCUT2D eigenvalue weighted by Gasteiger charge is -2.37. The summed E-state index contributed by atoms with van der Waals surface area (Å²) in [6.07, 6.45) is 2.71. The molecular formula is C18H24N6O. The molecule has 7 nitrogen and oxygen atoms in total. The first kappa shape index (κ1) is 15.4. The minimum absolute atomic E-state index is 0.294. The molecular weight excluding hydrogens is 316 g/mol. The number of hydrogen-bond acceptors (Lipinski definition) is 6. The smallest absolute Gasteiger partial charge is 0.165 e. The Hall–Kier alpha value is -1.83. The van der Waals surface area contributed by atoms with Crippen LogP contribution in [0.25, 0.3) is 0 Å². The van der Waals surface area contributed by atoms with Crippen molar-refractivity contribution in [1.82, 2.24) is 30.0 Å². The predicted molar refractivity (Wildman–Crippen MR) is 91.7 cm³/mol. The molecule has 0 spiro atoms. The van der Waals surface area contributed by atoms with Gasteiger partial charge in [-0.25, -0.2) is 4.68 Å². The van der Waals surface area contributed by atoms with Crippen LogP contribution < -0.4 is 0 Å². The number of morpholine rings is 1. The fourth-order valence-electron chi connectivity index (χ4n) is 4.10. The Morgan fingerprint density at radius 3 is 2.80 bits per heavy atom. The van der Waals surface area contributed by atoms with E-state index in [1.165, 1.54) is 18.4 Å². The highest BCUT2D eigenvalue weighted by molar-refractivity contribution is 5.15. The molecule has 0 N–H and O–H groups in total. The Kier molecular flexibility index (Phi) is 4.00. The zero-order valence-electron chi connectivity index (χ0n) is 14.4. The van der Waals surface area contributed by atoms with Crippen LogP contribution in [0.1, 0.15) is 30.3 Å². The Morgan fingerprint density at radius 2 is 1.96 bits per heavy atom. The summed E-state index contributed by atoms with van der Waals surface area (Å²) >= 11 is 0. The summed E-state index contributed by atoms with van der Waals surface area (Å²) in [5.74, 6) is 0.996. The van der Waals surface area contributed by atoms with Gasteiger partial charge in [0.15, 0.2) is 5.82 Å².